The minimum absolute atomic E-state index is 0.00434. The first-order valence-corrected chi connectivity index (χ1v) is 26.5. The van der Waals surface area contributed by atoms with E-state index in [0.717, 1.165) is 18.4 Å². The minimum atomic E-state index is -2.46. The molecular weight excluding hydrogens is 927 g/mol. The molecule has 72 heavy (non-hydrogen) atoms. The van der Waals surface area contributed by atoms with Gasteiger partial charge in [0, 0.05) is 65.6 Å². The molecule has 2 saturated heterocycles. The molecule has 16 nitrogen and oxygen atoms in total. The first kappa shape index (κ1) is 61.1. The number of methoxy groups -OCH3 is 4. The minimum Gasteiger partial charge on any atom is -0.460 e. The van der Waals surface area contributed by atoms with E-state index < -0.39 is 77.8 Å². The highest BCUT2D eigenvalue weighted by Crippen LogP contribution is 2.38. The van der Waals surface area contributed by atoms with Gasteiger partial charge in [0.2, 0.25) is 5.79 Å². The molecule has 2 N–H and O–H groups in total. The highest BCUT2D eigenvalue weighted by molar-refractivity contribution is 6.39. The lowest BCUT2D eigenvalue weighted by molar-refractivity contribution is -0.266. The van der Waals surface area contributed by atoms with Crippen molar-refractivity contribution in [3.63, 3.8) is 0 Å². The van der Waals surface area contributed by atoms with Crippen molar-refractivity contribution in [2.75, 3.05) is 61.4 Å². The van der Waals surface area contributed by atoms with E-state index in [2.05, 4.69) is 0 Å². The number of amides is 1. The quantitative estimate of drug-likeness (QED) is 0.0837. The lowest BCUT2D eigenvalue weighted by Crippen LogP contribution is -2.61. The number of ether oxygens (including phenoxy) is 8. The van der Waals surface area contributed by atoms with Gasteiger partial charge in [0.25, 0.3) is 11.7 Å². The Morgan fingerprint density at radius 1 is 0.792 bits per heavy atom. The second kappa shape index (κ2) is 30.2. The van der Waals surface area contributed by atoms with Crippen molar-refractivity contribution in [3.8, 4) is 0 Å². The summed E-state index contributed by atoms with van der Waals surface area (Å²) in [5.74, 6) is -7.97. The van der Waals surface area contributed by atoms with E-state index in [0.29, 0.717) is 70.3 Å². The summed E-state index contributed by atoms with van der Waals surface area (Å²) < 4.78 is 46.9. The lowest BCUT2D eigenvalue weighted by atomic mass is 9.78. The SMILES string of the molecule is COCCOC1C[C@@H]2CC[C@@H](C)[C@@](O)(O2)C(=O)C(=O)N2CCCC[C@H]2C(=O)OC([C@H](C)CC2CC[C@@H](OCCOC)[C@H](OC)C2)CC(=O)[C@H](C)/C=C(\C)[C@@H](O)[C@@H](OC)C(=O)[C@H](C)C[C@H](C)/C=C/C=C/C=C/1C. The fraction of sp³-hybridized carbons (Fsp3) is 0.768. The number of aliphatic hydroxyl groups is 2. The molecule has 0 aromatic rings. The van der Waals surface area contributed by atoms with Gasteiger partial charge in [0.15, 0.2) is 5.78 Å². The van der Waals surface area contributed by atoms with E-state index in [9.17, 15) is 34.2 Å². The van der Waals surface area contributed by atoms with Crippen LogP contribution in [0.4, 0.5) is 0 Å². The summed E-state index contributed by atoms with van der Waals surface area (Å²) in [6, 6.07) is -1.15. The normalized spacial score (nSPS) is 37.7. The van der Waals surface area contributed by atoms with Gasteiger partial charge >= 0.3 is 5.97 Å². The van der Waals surface area contributed by atoms with E-state index >= 15 is 0 Å². The number of carbonyl (C=O) groups excluding carboxylic acids is 5. The van der Waals surface area contributed by atoms with Crippen LogP contribution < -0.4 is 0 Å². The van der Waals surface area contributed by atoms with Crippen molar-refractivity contribution in [3.05, 3.63) is 47.6 Å². The molecule has 15 atom stereocenters. The van der Waals surface area contributed by atoms with Crippen LogP contribution in [0.5, 0.6) is 0 Å². The van der Waals surface area contributed by atoms with Gasteiger partial charge in [-0.05, 0) is 107 Å². The number of nitrogens with zero attached hydrogens (tertiary/aromatic N) is 1. The molecule has 0 aromatic carbocycles. The van der Waals surface area contributed by atoms with Crippen LogP contribution >= 0.6 is 0 Å². The summed E-state index contributed by atoms with van der Waals surface area (Å²) in [5.41, 5.74) is 1.25. The molecule has 408 valence electrons. The zero-order valence-corrected chi connectivity index (χ0v) is 45.2. The summed E-state index contributed by atoms with van der Waals surface area (Å²) in [7, 11) is 6.26. The molecule has 2 bridgehead atoms. The Balaban J connectivity index is 1.71. The van der Waals surface area contributed by atoms with Crippen LogP contribution in [-0.4, -0.2) is 160 Å². The molecule has 0 spiro atoms. The van der Waals surface area contributed by atoms with E-state index in [1.807, 2.05) is 58.1 Å². The van der Waals surface area contributed by atoms with Crippen molar-refractivity contribution in [2.45, 2.75) is 180 Å². The Morgan fingerprint density at radius 2 is 1.50 bits per heavy atom. The van der Waals surface area contributed by atoms with Gasteiger partial charge in [-0.2, -0.15) is 0 Å². The molecule has 1 saturated carbocycles. The van der Waals surface area contributed by atoms with Crippen LogP contribution in [0.25, 0.3) is 0 Å². The average molecular weight is 1020 g/mol. The largest absolute Gasteiger partial charge is 0.460 e. The van der Waals surface area contributed by atoms with Gasteiger partial charge in [-0.1, -0.05) is 71.1 Å². The summed E-state index contributed by atoms with van der Waals surface area (Å²) in [6.07, 6.45) is 12.2. The molecule has 3 unspecified atom stereocenters. The number of ketones is 3. The fourth-order valence-corrected chi connectivity index (χ4v) is 10.8. The number of Topliss-reactive ketones (excluding diaryl/α,β-unsaturated/α-hetero) is 3. The number of piperidine rings is 1. The Bertz CT molecular complexity index is 1880. The third-order valence-electron chi connectivity index (χ3n) is 15.4. The van der Waals surface area contributed by atoms with Crippen LogP contribution in [0.15, 0.2) is 47.6 Å². The van der Waals surface area contributed by atoms with Crippen LogP contribution in [0.3, 0.4) is 0 Å². The van der Waals surface area contributed by atoms with E-state index in [4.69, 9.17) is 37.9 Å². The Labute approximate surface area is 429 Å². The molecule has 3 fully saturated rings. The van der Waals surface area contributed by atoms with Crippen LogP contribution in [-0.2, 0) is 61.9 Å². The smallest absolute Gasteiger partial charge is 0.329 e. The van der Waals surface area contributed by atoms with Crippen molar-refractivity contribution < 1.29 is 72.1 Å². The Kier molecular flexibility index (Phi) is 25.6. The molecule has 1 amide bonds. The third-order valence-corrected chi connectivity index (χ3v) is 15.4. The lowest BCUT2D eigenvalue weighted by Gasteiger charge is -2.43. The van der Waals surface area contributed by atoms with Gasteiger partial charge in [0.05, 0.1) is 50.8 Å². The summed E-state index contributed by atoms with van der Waals surface area (Å²) in [4.78, 5) is 72.7. The zero-order valence-electron chi connectivity index (χ0n) is 45.2. The second-order valence-electron chi connectivity index (χ2n) is 21.1. The molecule has 3 heterocycles. The van der Waals surface area contributed by atoms with Crippen molar-refractivity contribution in [2.24, 2.45) is 35.5 Å². The molecule has 3 aliphatic heterocycles. The van der Waals surface area contributed by atoms with Gasteiger partial charge < -0.3 is 53.0 Å². The Morgan fingerprint density at radius 3 is 2.18 bits per heavy atom. The van der Waals surface area contributed by atoms with E-state index in [-0.39, 0.29) is 73.9 Å². The average Bonchev–Trinajstić information content (AvgIpc) is 3.36. The fourth-order valence-electron chi connectivity index (χ4n) is 10.8. The number of esters is 1. The number of rotatable bonds is 13. The topological polar surface area (TPSA) is 203 Å². The molecule has 0 radical (unpaired) electrons. The summed E-state index contributed by atoms with van der Waals surface area (Å²) in [5, 5.41) is 23.6. The van der Waals surface area contributed by atoms with Crippen molar-refractivity contribution in [1.82, 2.24) is 4.90 Å². The number of aliphatic hydroxyl groups excluding tert-OH is 1. The molecule has 16 heteroatoms. The van der Waals surface area contributed by atoms with Gasteiger partial charge in [-0.3, -0.25) is 19.2 Å². The Hall–Kier alpha value is -3.45. The second-order valence-corrected chi connectivity index (χ2v) is 21.1. The number of cyclic esters (lactones) is 1. The highest BCUT2D eigenvalue weighted by atomic mass is 16.6. The van der Waals surface area contributed by atoms with Crippen molar-refractivity contribution in [1.29, 1.82) is 0 Å². The van der Waals surface area contributed by atoms with Crippen LogP contribution in [0.1, 0.15) is 126 Å². The first-order valence-electron chi connectivity index (χ1n) is 26.5. The zero-order chi connectivity index (χ0) is 53.1. The monoisotopic (exact) mass is 1020 g/mol. The third kappa shape index (κ3) is 17.3. The van der Waals surface area contributed by atoms with Gasteiger partial charge in [-0.25, -0.2) is 4.79 Å². The standard InChI is InChI=1S/C56H89NO15/c1-35-17-13-12-14-18-36(2)47(70-28-26-66-9)33-43-22-20-41(7)56(64,72-43)53(61)54(62)57-24-16-15-19-44(57)55(63)71-48(38(4)31-42-21-23-46(49(32-42)67-10)69-27-25-65-8)34-45(58)37(3)30-40(6)51(60)52(68-11)50(59)39(5)29-35/h12-14,17-18,30,35,37-39,41-44,46-49,51-52,60,64H,15-16,19-29,31-34H2,1-11H3/b14-12+,17-13+,36-18+,40-30+/t35-,37-,38-,39-,41-,42?,43+,44+,46-,47?,48?,49-,51-,52+,56-/m1/s1. The highest BCUT2D eigenvalue weighted by Gasteiger charge is 2.53. The van der Waals surface area contributed by atoms with Crippen LogP contribution in [0, 0.1) is 35.5 Å². The van der Waals surface area contributed by atoms with E-state index in [1.165, 1.54) is 12.0 Å². The predicted molar refractivity (Wildman–Crippen MR) is 272 cm³/mol. The number of hydrogen-bond acceptors (Lipinski definition) is 15. The predicted octanol–water partition coefficient (Wildman–Crippen LogP) is 6.87. The van der Waals surface area contributed by atoms with Crippen LogP contribution in [0.2, 0.25) is 0 Å². The maximum atomic E-state index is 14.6. The summed E-state index contributed by atoms with van der Waals surface area (Å²) in [6.45, 7) is 14.4. The maximum Gasteiger partial charge on any atom is 0.329 e. The van der Waals surface area contributed by atoms with E-state index in [1.54, 1.807) is 48.2 Å². The maximum absolute atomic E-state index is 14.6. The number of hydrogen-bond donors (Lipinski definition) is 2. The first-order chi connectivity index (χ1) is 34.3. The van der Waals surface area contributed by atoms with Gasteiger partial charge in [-0.15, -0.1) is 0 Å². The number of fused-ring (bicyclic) bond motifs is 3. The molecule has 4 aliphatic rings. The molecular formula is C56H89NO15. The molecule has 4 rings (SSSR count). The number of allylic oxidation sites excluding steroid dienone is 6. The molecule has 1 aliphatic carbocycles. The number of carbonyl (C=O) groups is 5. The summed E-state index contributed by atoms with van der Waals surface area (Å²) >= 11 is 0. The molecule has 0 aromatic heterocycles. The van der Waals surface area contributed by atoms with Crippen molar-refractivity contribution >= 4 is 29.2 Å². The van der Waals surface area contributed by atoms with Gasteiger partial charge in [0.1, 0.15) is 30.1 Å².